The number of aryl methyl sites for hydroxylation is 1. The van der Waals surface area contributed by atoms with Crippen LogP contribution in [0.5, 0.6) is 0 Å². The lowest BCUT2D eigenvalue weighted by Crippen LogP contribution is -2.45. The molecule has 1 unspecified atom stereocenters. The van der Waals surface area contributed by atoms with Crippen LogP contribution in [0.4, 0.5) is 0 Å². The third-order valence-corrected chi connectivity index (χ3v) is 2.81. The van der Waals surface area contributed by atoms with E-state index in [1.165, 1.54) is 0 Å². The lowest BCUT2D eigenvalue weighted by molar-refractivity contribution is -0.0179. The van der Waals surface area contributed by atoms with Crippen molar-refractivity contribution in [1.29, 1.82) is 0 Å². The first-order valence-electron chi connectivity index (χ1n) is 6.04. The molecule has 0 saturated carbocycles. The molecule has 0 aromatic carbocycles. The van der Waals surface area contributed by atoms with E-state index in [0.717, 1.165) is 45.0 Å². The van der Waals surface area contributed by atoms with E-state index in [9.17, 15) is 0 Å². The van der Waals surface area contributed by atoms with Crippen LogP contribution in [0.1, 0.15) is 11.7 Å². The largest absolute Gasteiger partial charge is 0.374 e. The van der Waals surface area contributed by atoms with Crippen LogP contribution in [0.2, 0.25) is 0 Å². The zero-order chi connectivity index (χ0) is 12.1. The molecule has 1 saturated heterocycles. The Balaban J connectivity index is 1.59. The van der Waals surface area contributed by atoms with E-state index in [1.807, 2.05) is 0 Å². The highest BCUT2D eigenvalue weighted by atomic mass is 16.5. The Bertz CT molecular complexity index is 342. The average molecular weight is 240 g/mol. The van der Waals surface area contributed by atoms with Gasteiger partial charge in [-0.1, -0.05) is 5.16 Å². The molecule has 1 N–H and O–H groups in total. The molecule has 1 atom stereocenters. The van der Waals surface area contributed by atoms with Gasteiger partial charge in [0, 0.05) is 39.5 Å². The summed E-state index contributed by atoms with van der Waals surface area (Å²) >= 11 is 0. The van der Waals surface area contributed by atoms with Crippen LogP contribution < -0.4 is 5.32 Å². The minimum absolute atomic E-state index is 0.292. The first-order valence-corrected chi connectivity index (χ1v) is 6.04. The van der Waals surface area contributed by atoms with Gasteiger partial charge >= 0.3 is 0 Å². The highest BCUT2D eigenvalue weighted by molar-refractivity contribution is 4.84. The smallest absolute Gasteiger partial charge is 0.223 e. The Kier molecular flexibility index (Phi) is 4.47. The third kappa shape index (κ3) is 4.07. The Morgan fingerprint density at radius 2 is 2.41 bits per heavy atom. The molecule has 6 heteroatoms. The molecule has 0 bridgehead atoms. The topological polar surface area (TPSA) is 63.4 Å². The maximum Gasteiger partial charge on any atom is 0.223 e. The van der Waals surface area contributed by atoms with Crippen molar-refractivity contribution in [3.05, 3.63) is 11.7 Å². The maximum atomic E-state index is 5.65. The van der Waals surface area contributed by atoms with Crippen LogP contribution in [0.15, 0.2) is 4.52 Å². The van der Waals surface area contributed by atoms with Crippen LogP contribution in [0.3, 0.4) is 0 Å². The lowest BCUT2D eigenvalue weighted by Gasteiger charge is -2.30. The average Bonchev–Trinajstić information content (AvgIpc) is 2.71. The second kappa shape index (κ2) is 6.09. The van der Waals surface area contributed by atoms with Gasteiger partial charge in [-0.05, 0) is 7.05 Å². The number of rotatable bonds is 5. The first-order chi connectivity index (χ1) is 8.24. The van der Waals surface area contributed by atoms with E-state index in [4.69, 9.17) is 9.26 Å². The van der Waals surface area contributed by atoms with Crippen molar-refractivity contribution in [3.8, 4) is 0 Å². The predicted octanol–water partition coefficient (Wildman–Crippen LogP) is -0.159. The molecule has 17 heavy (non-hydrogen) atoms. The van der Waals surface area contributed by atoms with Crippen molar-refractivity contribution in [2.45, 2.75) is 19.4 Å². The Labute approximate surface area is 101 Å². The normalized spacial score (nSPS) is 21.9. The molecular formula is C11H20N4O2. The second-order valence-electron chi connectivity index (χ2n) is 4.44. The fourth-order valence-electron chi connectivity index (χ4n) is 1.90. The second-order valence-corrected chi connectivity index (χ2v) is 4.44. The Hall–Kier alpha value is -0.980. The Morgan fingerprint density at radius 3 is 3.12 bits per heavy atom. The molecule has 2 heterocycles. The molecular weight excluding hydrogens is 220 g/mol. The van der Waals surface area contributed by atoms with Crippen LogP contribution in [-0.2, 0) is 11.2 Å². The van der Waals surface area contributed by atoms with E-state index in [0.29, 0.717) is 12.0 Å². The molecule has 1 fully saturated rings. The molecule has 1 aliphatic heterocycles. The number of nitrogens with zero attached hydrogens (tertiary/aromatic N) is 3. The summed E-state index contributed by atoms with van der Waals surface area (Å²) in [5.74, 6) is 1.38. The zero-order valence-corrected chi connectivity index (χ0v) is 10.5. The number of morpholine rings is 1. The molecule has 1 aliphatic rings. The van der Waals surface area contributed by atoms with Gasteiger partial charge in [0.25, 0.3) is 0 Å². The monoisotopic (exact) mass is 240 g/mol. The number of likely N-dealkylation sites (N-methyl/N-ethyl adjacent to an activating group) is 1. The van der Waals surface area contributed by atoms with Gasteiger partial charge < -0.3 is 19.5 Å². The van der Waals surface area contributed by atoms with E-state index < -0.39 is 0 Å². The highest BCUT2D eigenvalue weighted by Gasteiger charge is 2.16. The van der Waals surface area contributed by atoms with Gasteiger partial charge in [-0.2, -0.15) is 4.98 Å². The van der Waals surface area contributed by atoms with E-state index in [1.54, 1.807) is 6.92 Å². The summed E-state index contributed by atoms with van der Waals surface area (Å²) in [6.45, 7) is 6.37. The van der Waals surface area contributed by atoms with E-state index in [2.05, 4.69) is 27.4 Å². The van der Waals surface area contributed by atoms with Crippen LogP contribution in [-0.4, -0.2) is 61.0 Å². The summed E-state index contributed by atoms with van der Waals surface area (Å²) in [5, 5.41) is 7.21. The molecule has 0 radical (unpaired) electrons. The summed E-state index contributed by atoms with van der Waals surface area (Å²) in [5.41, 5.74) is 0. The number of hydrogen-bond acceptors (Lipinski definition) is 6. The van der Waals surface area contributed by atoms with Crippen molar-refractivity contribution in [2.75, 3.05) is 39.8 Å². The van der Waals surface area contributed by atoms with Crippen molar-refractivity contribution in [3.63, 3.8) is 0 Å². The zero-order valence-electron chi connectivity index (χ0n) is 10.5. The minimum atomic E-state index is 0.292. The van der Waals surface area contributed by atoms with Crippen molar-refractivity contribution < 1.29 is 9.26 Å². The van der Waals surface area contributed by atoms with Crippen molar-refractivity contribution in [1.82, 2.24) is 20.4 Å². The molecule has 0 amide bonds. The molecule has 0 spiro atoms. The molecule has 6 nitrogen and oxygen atoms in total. The van der Waals surface area contributed by atoms with Crippen LogP contribution >= 0.6 is 0 Å². The van der Waals surface area contributed by atoms with Gasteiger partial charge in [0.05, 0.1) is 12.7 Å². The summed E-state index contributed by atoms with van der Waals surface area (Å²) < 4.78 is 10.6. The van der Waals surface area contributed by atoms with E-state index in [-0.39, 0.29) is 0 Å². The van der Waals surface area contributed by atoms with Crippen molar-refractivity contribution in [2.24, 2.45) is 0 Å². The number of nitrogens with one attached hydrogen (secondary N) is 1. The first kappa shape index (κ1) is 12.5. The van der Waals surface area contributed by atoms with Crippen LogP contribution in [0.25, 0.3) is 0 Å². The molecule has 96 valence electrons. The number of ether oxygens (including phenoxy) is 1. The van der Waals surface area contributed by atoms with E-state index >= 15 is 0 Å². The van der Waals surface area contributed by atoms with Gasteiger partial charge in [-0.25, -0.2) is 0 Å². The number of hydrogen-bond donors (Lipinski definition) is 1. The summed E-state index contributed by atoms with van der Waals surface area (Å²) in [6.07, 6.45) is 1.08. The van der Waals surface area contributed by atoms with Gasteiger partial charge in [0.1, 0.15) is 0 Å². The minimum Gasteiger partial charge on any atom is -0.374 e. The molecule has 1 aromatic rings. The predicted molar refractivity (Wildman–Crippen MR) is 62.8 cm³/mol. The van der Waals surface area contributed by atoms with Gasteiger partial charge in [0.15, 0.2) is 5.82 Å². The standard InChI is InChI=1S/C11H20N4O2/c1-9-13-11(14-17-9)3-4-12-7-10-8-15(2)5-6-16-10/h10,12H,3-8H2,1-2H3. The highest BCUT2D eigenvalue weighted by Crippen LogP contribution is 2.01. The summed E-state index contributed by atoms with van der Waals surface area (Å²) in [7, 11) is 2.12. The maximum absolute atomic E-state index is 5.65. The lowest BCUT2D eigenvalue weighted by atomic mass is 10.3. The van der Waals surface area contributed by atoms with Crippen molar-refractivity contribution >= 4 is 0 Å². The fourth-order valence-corrected chi connectivity index (χ4v) is 1.90. The van der Waals surface area contributed by atoms with Gasteiger partial charge in [-0.15, -0.1) is 0 Å². The summed E-state index contributed by atoms with van der Waals surface area (Å²) in [4.78, 5) is 6.44. The SMILES string of the molecule is Cc1nc(CCNCC2CN(C)CCO2)no1. The molecule has 2 rings (SSSR count). The molecule has 0 aliphatic carbocycles. The van der Waals surface area contributed by atoms with Gasteiger partial charge in [0.2, 0.25) is 5.89 Å². The van der Waals surface area contributed by atoms with Gasteiger partial charge in [-0.3, -0.25) is 0 Å². The quantitative estimate of drug-likeness (QED) is 0.722. The number of aromatic nitrogens is 2. The Morgan fingerprint density at radius 1 is 1.53 bits per heavy atom. The third-order valence-electron chi connectivity index (χ3n) is 2.81. The fraction of sp³-hybridized carbons (Fsp3) is 0.818. The summed E-state index contributed by atoms with van der Waals surface area (Å²) in [6, 6.07) is 0. The molecule has 1 aromatic heterocycles. The van der Waals surface area contributed by atoms with Crippen LogP contribution in [0, 0.1) is 6.92 Å².